The number of likely N-dealkylation sites (tertiary alicyclic amines) is 1. The number of ether oxygens (including phenoxy) is 1. The van der Waals surface area contributed by atoms with Gasteiger partial charge in [0.2, 0.25) is 17.7 Å². The smallest absolute Gasteiger partial charge is 0.416 e. The number of anilines is 2. The first kappa shape index (κ1) is 25.2. The molecular formula is C26H26F3N5O2. The van der Waals surface area contributed by atoms with Crippen molar-refractivity contribution >= 4 is 23.6 Å². The van der Waals surface area contributed by atoms with Crippen LogP contribution in [0.25, 0.3) is 6.08 Å². The molecule has 0 radical (unpaired) electrons. The summed E-state index contributed by atoms with van der Waals surface area (Å²) in [6, 6.07) is 13.5. The van der Waals surface area contributed by atoms with E-state index in [9.17, 15) is 18.0 Å². The van der Waals surface area contributed by atoms with Crippen LogP contribution < -0.4 is 15.4 Å². The number of halogens is 3. The molecule has 0 saturated carbocycles. The van der Waals surface area contributed by atoms with Crippen molar-refractivity contribution in [2.75, 3.05) is 30.8 Å². The normalized spacial score (nSPS) is 15.1. The molecule has 0 bridgehead atoms. The zero-order valence-corrected chi connectivity index (χ0v) is 19.6. The summed E-state index contributed by atoms with van der Waals surface area (Å²) in [6.45, 7) is 2.04. The highest BCUT2D eigenvalue weighted by Crippen LogP contribution is 2.30. The molecule has 0 spiro atoms. The summed E-state index contributed by atoms with van der Waals surface area (Å²) in [7, 11) is 2.10. The Balaban J connectivity index is 1.36. The monoisotopic (exact) mass is 497 g/mol. The van der Waals surface area contributed by atoms with Gasteiger partial charge in [0.15, 0.2) is 0 Å². The van der Waals surface area contributed by atoms with Gasteiger partial charge < -0.3 is 20.3 Å². The van der Waals surface area contributed by atoms with Crippen LogP contribution in [0.1, 0.15) is 24.0 Å². The number of hydrogen-bond donors (Lipinski definition) is 2. The highest BCUT2D eigenvalue weighted by atomic mass is 19.4. The van der Waals surface area contributed by atoms with E-state index in [1.54, 1.807) is 42.6 Å². The minimum absolute atomic E-state index is 0.0602. The van der Waals surface area contributed by atoms with Gasteiger partial charge in [-0.3, -0.25) is 4.79 Å². The lowest BCUT2D eigenvalue weighted by atomic mass is 10.1. The minimum Gasteiger partial charge on any atom is -0.439 e. The molecule has 1 amide bonds. The van der Waals surface area contributed by atoms with Gasteiger partial charge in [0.05, 0.1) is 5.56 Å². The Hall–Kier alpha value is -3.92. The third-order valence-electron chi connectivity index (χ3n) is 5.65. The molecule has 1 aliphatic heterocycles. The van der Waals surface area contributed by atoms with E-state index < -0.39 is 17.6 Å². The molecule has 1 saturated heterocycles. The van der Waals surface area contributed by atoms with Gasteiger partial charge >= 0.3 is 6.18 Å². The summed E-state index contributed by atoms with van der Waals surface area (Å²) in [5.74, 6) is 0.841. The Labute approximate surface area is 207 Å². The third-order valence-corrected chi connectivity index (χ3v) is 5.65. The van der Waals surface area contributed by atoms with E-state index in [2.05, 4.69) is 32.5 Å². The lowest BCUT2D eigenvalue weighted by Gasteiger charge is -2.29. The van der Waals surface area contributed by atoms with E-state index in [1.165, 1.54) is 18.2 Å². The van der Waals surface area contributed by atoms with Crippen molar-refractivity contribution in [2.24, 2.45) is 0 Å². The maximum atomic E-state index is 12.9. The van der Waals surface area contributed by atoms with Crippen LogP contribution in [0.2, 0.25) is 0 Å². The van der Waals surface area contributed by atoms with Gasteiger partial charge in [-0.25, -0.2) is 4.98 Å². The van der Waals surface area contributed by atoms with Gasteiger partial charge in [-0.15, -0.1) is 0 Å². The molecular weight excluding hydrogens is 471 g/mol. The number of carbonyl (C=O) groups excluding carboxylic acids is 1. The van der Waals surface area contributed by atoms with Crippen LogP contribution in [0.5, 0.6) is 11.6 Å². The maximum absolute atomic E-state index is 12.9. The highest BCUT2D eigenvalue weighted by molar-refractivity contribution is 6.02. The Kier molecular flexibility index (Phi) is 7.84. The molecule has 3 aromatic rings. The minimum atomic E-state index is -4.48. The SMILES string of the molecule is CN1CCC(Nc2nccc(Oc3cccc(/C=C/C(=O)Nc4cccc(C(F)(F)F)c4)c3)n2)CC1. The zero-order chi connectivity index (χ0) is 25.5. The van der Waals surface area contributed by atoms with Gasteiger partial charge in [0.25, 0.3) is 0 Å². The first-order valence-electron chi connectivity index (χ1n) is 11.5. The quantitative estimate of drug-likeness (QED) is 0.423. The number of nitrogens with one attached hydrogen (secondary N) is 2. The van der Waals surface area contributed by atoms with E-state index in [1.807, 2.05) is 0 Å². The van der Waals surface area contributed by atoms with Crippen LogP contribution in [-0.4, -0.2) is 47.0 Å². The topological polar surface area (TPSA) is 79.4 Å². The number of aromatic nitrogens is 2. The van der Waals surface area contributed by atoms with Gasteiger partial charge in [-0.1, -0.05) is 18.2 Å². The molecule has 0 unspecified atom stereocenters. The molecule has 10 heteroatoms. The summed E-state index contributed by atoms with van der Waals surface area (Å²) in [6.07, 6.45) is 1.96. The van der Waals surface area contributed by atoms with E-state index >= 15 is 0 Å². The first-order chi connectivity index (χ1) is 17.2. The second-order valence-corrected chi connectivity index (χ2v) is 8.52. The second-order valence-electron chi connectivity index (χ2n) is 8.52. The number of benzene rings is 2. The Bertz CT molecular complexity index is 1220. The summed E-state index contributed by atoms with van der Waals surface area (Å²) in [4.78, 5) is 23.2. The van der Waals surface area contributed by atoms with Crippen molar-refractivity contribution in [2.45, 2.75) is 25.1 Å². The van der Waals surface area contributed by atoms with Gasteiger partial charge in [0, 0.05) is 30.1 Å². The van der Waals surface area contributed by atoms with E-state index in [4.69, 9.17) is 4.74 Å². The molecule has 0 atom stereocenters. The molecule has 1 aromatic heterocycles. The van der Waals surface area contributed by atoms with Crippen LogP contribution in [0, 0.1) is 0 Å². The number of hydrogen-bond acceptors (Lipinski definition) is 6. The fourth-order valence-corrected chi connectivity index (χ4v) is 3.74. The molecule has 2 aromatic carbocycles. The molecule has 1 aliphatic rings. The first-order valence-corrected chi connectivity index (χ1v) is 11.5. The predicted octanol–water partition coefficient (Wildman–Crippen LogP) is 5.45. The number of nitrogens with zero attached hydrogens (tertiary/aromatic N) is 3. The zero-order valence-electron chi connectivity index (χ0n) is 19.6. The Morgan fingerprint density at radius 2 is 1.89 bits per heavy atom. The Morgan fingerprint density at radius 1 is 1.11 bits per heavy atom. The van der Waals surface area contributed by atoms with Crippen LogP contribution >= 0.6 is 0 Å². The largest absolute Gasteiger partial charge is 0.439 e. The fourth-order valence-electron chi connectivity index (χ4n) is 3.74. The molecule has 0 aliphatic carbocycles. The lowest BCUT2D eigenvalue weighted by Crippen LogP contribution is -2.37. The van der Waals surface area contributed by atoms with Crippen LogP contribution in [0.4, 0.5) is 24.8 Å². The van der Waals surface area contributed by atoms with Crippen molar-refractivity contribution in [1.82, 2.24) is 14.9 Å². The van der Waals surface area contributed by atoms with Gasteiger partial charge in [-0.05, 0) is 75.0 Å². The van der Waals surface area contributed by atoms with Crippen molar-refractivity contribution in [3.8, 4) is 11.6 Å². The van der Waals surface area contributed by atoms with E-state index in [0.29, 0.717) is 29.2 Å². The average Bonchev–Trinajstić information content (AvgIpc) is 2.84. The number of amides is 1. The summed E-state index contributed by atoms with van der Waals surface area (Å²) >= 11 is 0. The summed E-state index contributed by atoms with van der Waals surface area (Å²) in [5.41, 5.74) is -0.0982. The number of piperidine rings is 1. The molecule has 7 nitrogen and oxygen atoms in total. The van der Waals surface area contributed by atoms with Crippen molar-refractivity contribution in [3.05, 3.63) is 78.0 Å². The van der Waals surface area contributed by atoms with Crippen LogP contribution in [0.15, 0.2) is 66.9 Å². The summed E-state index contributed by atoms with van der Waals surface area (Å²) < 4.78 is 44.4. The molecule has 1 fully saturated rings. The Morgan fingerprint density at radius 3 is 2.67 bits per heavy atom. The van der Waals surface area contributed by atoms with E-state index in [0.717, 1.165) is 38.1 Å². The van der Waals surface area contributed by atoms with Crippen molar-refractivity contribution < 1.29 is 22.7 Å². The highest BCUT2D eigenvalue weighted by Gasteiger charge is 2.30. The standard InChI is InChI=1S/C26H26F3N5O2/c1-34-14-11-20(12-15-34)32-25-30-13-10-24(33-25)36-22-7-2-4-18(16-22)8-9-23(35)31-21-6-3-5-19(17-21)26(27,28)29/h2-10,13,16-17,20H,11-12,14-15H2,1H3,(H,31,35)(H,30,32,33)/b9-8+. The fraction of sp³-hybridized carbons (Fsp3) is 0.269. The summed E-state index contributed by atoms with van der Waals surface area (Å²) in [5, 5.41) is 5.79. The molecule has 2 heterocycles. The predicted molar refractivity (Wildman–Crippen MR) is 132 cm³/mol. The molecule has 4 rings (SSSR count). The molecule has 2 N–H and O–H groups in total. The maximum Gasteiger partial charge on any atom is 0.416 e. The van der Waals surface area contributed by atoms with Gasteiger partial charge in [0.1, 0.15) is 5.75 Å². The number of carbonyl (C=O) groups is 1. The lowest BCUT2D eigenvalue weighted by molar-refractivity contribution is -0.137. The second kappa shape index (κ2) is 11.2. The van der Waals surface area contributed by atoms with Crippen LogP contribution in [0.3, 0.4) is 0 Å². The number of rotatable bonds is 7. The van der Waals surface area contributed by atoms with Crippen molar-refractivity contribution in [1.29, 1.82) is 0 Å². The van der Waals surface area contributed by atoms with E-state index in [-0.39, 0.29) is 5.69 Å². The molecule has 36 heavy (non-hydrogen) atoms. The average molecular weight is 498 g/mol. The number of alkyl halides is 3. The van der Waals surface area contributed by atoms with Gasteiger partial charge in [-0.2, -0.15) is 18.2 Å². The molecule has 188 valence electrons. The van der Waals surface area contributed by atoms with Crippen LogP contribution in [-0.2, 0) is 11.0 Å². The van der Waals surface area contributed by atoms with Crippen molar-refractivity contribution in [3.63, 3.8) is 0 Å². The third kappa shape index (κ3) is 7.29.